The van der Waals surface area contributed by atoms with E-state index in [2.05, 4.69) is 47.2 Å². The molecule has 8 nitrogen and oxygen atoms in total. The zero-order valence-corrected chi connectivity index (χ0v) is 20.2. The van der Waals surface area contributed by atoms with E-state index in [0.29, 0.717) is 49.2 Å². The van der Waals surface area contributed by atoms with Crippen molar-refractivity contribution in [3.63, 3.8) is 0 Å². The van der Waals surface area contributed by atoms with Gasteiger partial charge in [-0.05, 0) is 30.7 Å². The van der Waals surface area contributed by atoms with Crippen molar-refractivity contribution in [2.75, 3.05) is 36.8 Å². The van der Waals surface area contributed by atoms with Crippen LogP contribution in [0.1, 0.15) is 22.8 Å². The van der Waals surface area contributed by atoms with Crippen LogP contribution in [0.15, 0.2) is 59.1 Å². The first-order chi connectivity index (χ1) is 15.9. The highest BCUT2D eigenvalue weighted by molar-refractivity contribution is 9.10. The standard InChI is InChI=1S/C24H27BrN6O2/c1-16-14-19(8-9-20(16)25)24(33)29-13-12-28-22-15-21(27-11-10-26-17(2)32)30-23(31-22)18-6-4-3-5-7-18/h3-9,14-15H,10-13H2,1-2H3,(H,26,32)(H,29,33)(H2,27,28,30,31). The highest BCUT2D eigenvalue weighted by atomic mass is 79.9. The summed E-state index contributed by atoms with van der Waals surface area (Å²) in [5.74, 6) is 1.66. The SMILES string of the molecule is CC(=O)NCCNc1cc(NCCNC(=O)c2ccc(Br)c(C)c2)nc(-c2ccccc2)n1. The third-order valence-corrected chi connectivity index (χ3v) is 5.59. The Morgan fingerprint density at radius 3 is 2.09 bits per heavy atom. The molecule has 0 unspecified atom stereocenters. The summed E-state index contributed by atoms with van der Waals surface area (Å²) in [7, 11) is 0. The van der Waals surface area contributed by atoms with Gasteiger partial charge in [-0.15, -0.1) is 0 Å². The zero-order valence-electron chi connectivity index (χ0n) is 18.6. The van der Waals surface area contributed by atoms with Gasteiger partial charge in [0.25, 0.3) is 5.91 Å². The Morgan fingerprint density at radius 1 is 0.848 bits per heavy atom. The van der Waals surface area contributed by atoms with Crippen LogP contribution in [0.5, 0.6) is 0 Å². The fraction of sp³-hybridized carbons (Fsp3) is 0.250. The molecule has 3 aromatic rings. The first-order valence-electron chi connectivity index (χ1n) is 10.6. The van der Waals surface area contributed by atoms with Gasteiger partial charge in [0, 0.05) is 54.8 Å². The second-order valence-electron chi connectivity index (χ2n) is 7.38. The van der Waals surface area contributed by atoms with Gasteiger partial charge in [-0.25, -0.2) is 9.97 Å². The number of halogens is 1. The lowest BCUT2D eigenvalue weighted by molar-refractivity contribution is -0.118. The van der Waals surface area contributed by atoms with Gasteiger partial charge in [0.2, 0.25) is 5.91 Å². The highest BCUT2D eigenvalue weighted by Crippen LogP contribution is 2.20. The molecule has 4 N–H and O–H groups in total. The molecule has 0 radical (unpaired) electrons. The summed E-state index contributed by atoms with van der Waals surface area (Å²) in [6, 6.07) is 17.0. The largest absolute Gasteiger partial charge is 0.368 e. The van der Waals surface area contributed by atoms with Crippen molar-refractivity contribution in [1.82, 2.24) is 20.6 Å². The third-order valence-electron chi connectivity index (χ3n) is 4.70. The molecule has 2 aromatic carbocycles. The Bertz CT molecular complexity index is 1110. The van der Waals surface area contributed by atoms with Crippen molar-refractivity contribution in [2.45, 2.75) is 13.8 Å². The molecule has 3 rings (SSSR count). The maximum absolute atomic E-state index is 12.4. The van der Waals surface area contributed by atoms with Crippen molar-refractivity contribution in [1.29, 1.82) is 0 Å². The van der Waals surface area contributed by atoms with Crippen LogP contribution < -0.4 is 21.3 Å². The second-order valence-corrected chi connectivity index (χ2v) is 8.24. The van der Waals surface area contributed by atoms with Gasteiger partial charge in [-0.1, -0.05) is 46.3 Å². The van der Waals surface area contributed by atoms with E-state index in [1.165, 1.54) is 6.92 Å². The summed E-state index contributed by atoms with van der Waals surface area (Å²) in [5.41, 5.74) is 2.52. The number of amides is 2. The van der Waals surface area contributed by atoms with Crippen LogP contribution in [0.25, 0.3) is 11.4 Å². The van der Waals surface area contributed by atoms with E-state index in [9.17, 15) is 9.59 Å². The van der Waals surface area contributed by atoms with Crippen molar-refractivity contribution < 1.29 is 9.59 Å². The Labute approximate surface area is 201 Å². The first kappa shape index (κ1) is 24.2. The minimum absolute atomic E-state index is 0.0767. The molecule has 9 heteroatoms. The Kier molecular flexibility index (Phi) is 8.77. The van der Waals surface area contributed by atoms with E-state index in [-0.39, 0.29) is 11.8 Å². The normalized spacial score (nSPS) is 10.4. The van der Waals surface area contributed by atoms with Gasteiger partial charge >= 0.3 is 0 Å². The molecule has 0 aliphatic rings. The number of carbonyl (C=O) groups is 2. The van der Waals surface area contributed by atoms with Gasteiger partial charge in [0.05, 0.1) is 0 Å². The Balaban J connectivity index is 1.61. The second kappa shape index (κ2) is 12.0. The summed E-state index contributed by atoms with van der Waals surface area (Å²) in [5, 5.41) is 12.1. The molecule has 0 bridgehead atoms. The van der Waals surface area contributed by atoms with Crippen LogP contribution in [-0.4, -0.2) is 48.0 Å². The maximum Gasteiger partial charge on any atom is 0.251 e. The number of aromatic nitrogens is 2. The molecule has 0 saturated heterocycles. The summed E-state index contributed by atoms with van der Waals surface area (Å²) in [4.78, 5) is 32.6. The molecule has 33 heavy (non-hydrogen) atoms. The lowest BCUT2D eigenvalue weighted by atomic mass is 10.1. The van der Waals surface area contributed by atoms with Crippen molar-refractivity contribution in [3.8, 4) is 11.4 Å². The summed E-state index contributed by atoms with van der Waals surface area (Å²) >= 11 is 3.45. The van der Waals surface area contributed by atoms with Crippen LogP contribution in [0, 0.1) is 6.92 Å². The molecular weight excluding hydrogens is 484 g/mol. The summed E-state index contributed by atoms with van der Waals surface area (Å²) in [6.45, 7) is 5.39. The summed E-state index contributed by atoms with van der Waals surface area (Å²) < 4.78 is 0.972. The minimum Gasteiger partial charge on any atom is -0.368 e. The predicted molar refractivity (Wildman–Crippen MR) is 134 cm³/mol. The Hall–Kier alpha value is -3.46. The van der Waals surface area contributed by atoms with E-state index >= 15 is 0 Å². The molecule has 0 spiro atoms. The number of hydrogen-bond donors (Lipinski definition) is 4. The van der Waals surface area contributed by atoms with Crippen LogP contribution in [0.3, 0.4) is 0 Å². The van der Waals surface area contributed by atoms with Gasteiger partial charge < -0.3 is 21.3 Å². The van der Waals surface area contributed by atoms with Gasteiger partial charge in [0.1, 0.15) is 11.6 Å². The molecule has 172 valence electrons. The van der Waals surface area contributed by atoms with E-state index in [0.717, 1.165) is 15.6 Å². The smallest absolute Gasteiger partial charge is 0.251 e. The fourth-order valence-corrected chi connectivity index (χ4v) is 3.28. The Morgan fingerprint density at radius 2 is 1.48 bits per heavy atom. The third kappa shape index (κ3) is 7.57. The monoisotopic (exact) mass is 510 g/mol. The van der Waals surface area contributed by atoms with Crippen LogP contribution in [0.2, 0.25) is 0 Å². The predicted octanol–water partition coefficient (Wildman–Crippen LogP) is 3.60. The molecular formula is C24H27BrN6O2. The lowest BCUT2D eigenvalue weighted by Crippen LogP contribution is -2.29. The van der Waals surface area contributed by atoms with Gasteiger partial charge in [-0.3, -0.25) is 9.59 Å². The molecule has 0 fully saturated rings. The molecule has 0 saturated carbocycles. The van der Waals surface area contributed by atoms with Crippen LogP contribution in [0.4, 0.5) is 11.6 Å². The highest BCUT2D eigenvalue weighted by Gasteiger charge is 2.09. The number of benzene rings is 2. The van der Waals surface area contributed by atoms with E-state index in [1.807, 2.05) is 49.4 Å². The van der Waals surface area contributed by atoms with Crippen LogP contribution in [-0.2, 0) is 4.79 Å². The number of hydrogen-bond acceptors (Lipinski definition) is 6. The number of nitrogens with one attached hydrogen (secondary N) is 4. The molecule has 0 atom stereocenters. The van der Waals surface area contributed by atoms with E-state index in [1.54, 1.807) is 12.1 Å². The number of rotatable bonds is 10. The van der Waals surface area contributed by atoms with Gasteiger partial charge in [-0.2, -0.15) is 0 Å². The number of aryl methyl sites for hydroxylation is 1. The summed E-state index contributed by atoms with van der Waals surface area (Å²) in [6.07, 6.45) is 0. The van der Waals surface area contributed by atoms with Crippen LogP contribution >= 0.6 is 15.9 Å². The molecule has 2 amide bonds. The maximum atomic E-state index is 12.4. The quantitative estimate of drug-likeness (QED) is 0.310. The average molecular weight is 511 g/mol. The molecule has 1 heterocycles. The topological polar surface area (TPSA) is 108 Å². The van der Waals surface area contributed by atoms with E-state index in [4.69, 9.17) is 0 Å². The molecule has 1 aromatic heterocycles. The van der Waals surface area contributed by atoms with Crippen molar-refractivity contribution in [2.24, 2.45) is 0 Å². The minimum atomic E-state index is -0.125. The molecule has 0 aliphatic carbocycles. The van der Waals surface area contributed by atoms with Gasteiger partial charge in [0.15, 0.2) is 5.82 Å². The average Bonchev–Trinajstić information content (AvgIpc) is 2.81. The lowest BCUT2D eigenvalue weighted by Gasteiger charge is -2.12. The zero-order chi connectivity index (χ0) is 23.6. The number of nitrogens with zero attached hydrogens (tertiary/aromatic N) is 2. The van der Waals surface area contributed by atoms with Crippen molar-refractivity contribution in [3.05, 3.63) is 70.2 Å². The fourth-order valence-electron chi connectivity index (χ4n) is 3.03. The number of anilines is 2. The number of carbonyl (C=O) groups excluding carboxylic acids is 2. The molecule has 0 aliphatic heterocycles. The van der Waals surface area contributed by atoms with E-state index < -0.39 is 0 Å². The van der Waals surface area contributed by atoms with Crippen molar-refractivity contribution >= 4 is 39.4 Å². The first-order valence-corrected chi connectivity index (χ1v) is 11.4.